The molecule has 2 amide bonds. The van der Waals surface area contributed by atoms with E-state index < -0.39 is 0 Å². The van der Waals surface area contributed by atoms with Gasteiger partial charge < -0.3 is 19.7 Å². The van der Waals surface area contributed by atoms with Crippen LogP contribution in [-0.2, 0) is 11.2 Å². The van der Waals surface area contributed by atoms with Crippen LogP contribution < -0.4 is 19.7 Å². The number of nitrogens with zero attached hydrogens (tertiary/aromatic N) is 1. The van der Waals surface area contributed by atoms with E-state index in [1.807, 2.05) is 32.0 Å². The SMILES string of the molecule is CCOc1cc2c(cc1NC(=O)c1cccc(N3CCCC3=O)c1)O[C@H](C)C2. The van der Waals surface area contributed by atoms with Crippen LogP contribution in [0.2, 0.25) is 0 Å². The molecule has 2 aromatic carbocycles. The molecule has 0 unspecified atom stereocenters. The molecule has 0 spiro atoms. The van der Waals surface area contributed by atoms with Crippen LogP contribution in [0.4, 0.5) is 11.4 Å². The number of carbonyl (C=O) groups excluding carboxylic acids is 2. The number of fused-ring (bicyclic) bond motifs is 1. The van der Waals surface area contributed by atoms with Gasteiger partial charge in [-0.05, 0) is 44.5 Å². The van der Waals surface area contributed by atoms with Crippen molar-refractivity contribution < 1.29 is 19.1 Å². The molecular formula is C22H24N2O4. The number of anilines is 2. The molecule has 2 heterocycles. The standard InChI is InChI=1S/C22H24N2O4/c1-3-27-20-12-16-10-14(2)28-19(16)13-18(20)23-22(26)15-6-4-7-17(11-15)24-9-5-8-21(24)25/h4,6-7,11-14H,3,5,8-10H2,1-2H3,(H,23,26)/t14-/m1/s1. The molecule has 1 saturated heterocycles. The van der Waals surface area contributed by atoms with Gasteiger partial charge in [-0.1, -0.05) is 6.07 Å². The fourth-order valence-corrected chi connectivity index (χ4v) is 3.74. The second-order valence-corrected chi connectivity index (χ2v) is 7.18. The third-order valence-corrected chi connectivity index (χ3v) is 5.04. The average molecular weight is 380 g/mol. The molecule has 1 atom stereocenters. The largest absolute Gasteiger partial charge is 0.492 e. The van der Waals surface area contributed by atoms with E-state index in [2.05, 4.69) is 5.32 Å². The second-order valence-electron chi connectivity index (χ2n) is 7.18. The molecular weight excluding hydrogens is 356 g/mol. The lowest BCUT2D eigenvalue weighted by Crippen LogP contribution is -2.24. The Morgan fingerprint density at radius 1 is 1.32 bits per heavy atom. The summed E-state index contributed by atoms with van der Waals surface area (Å²) >= 11 is 0. The topological polar surface area (TPSA) is 67.9 Å². The van der Waals surface area contributed by atoms with Crippen molar-refractivity contribution in [2.24, 2.45) is 0 Å². The molecule has 0 bridgehead atoms. The summed E-state index contributed by atoms with van der Waals surface area (Å²) in [5.74, 6) is 1.27. The maximum atomic E-state index is 12.9. The van der Waals surface area contributed by atoms with E-state index in [1.54, 1.807) is 23.1 Å². The van der Waals surface area contributed by atoms with Crippen molar-refractivity contribution in [2.75, 3.05) is 23.4 Å². The number of carbonyl (C=O) groups is 2. The van der Waals surface area contributed by atoms with Crippen molar-refractivity contribution in [2.45, 2.75) is 39.2 Å². The lowest BCUT2D eigenvalue weighted by Gasteiger charge is -2.17. The van der Waals surface area contributed by atoms with Gasteiger partial charge in [0.2, 0.25) is 5.91 Å². The lowest BCUT2D eigenvalue weighted by molar-refractivity contribution is -0.117. The van der Waals surface area contributed by atoms with Crippen molar-refractivity contribution in [3.05, 3.63) is 47.5 Å². The molecule has 4 rings (SSSR count). The zero-order valence-electron chi connectivity index (χ0n) is 16.2. The van der Waals surface area contributed by atoms with Crippen molar-refractivity contribution in [3.8, 4) is 11.5 Å². The number of hydrogen-bond acceptors (Lipinski definition) is 4. The minimum atomic E-state index is -0.250. The fraction of sp³-hybridized carbons (Fsp3) is 0.364. The highest BCUT2D eigenvalue weighted by molar-refractivity contribution is 6.06. The van der Waals surface area contributed by atoms with Gasteiger partial charge in [0.1, 0.15) is 17.6 Å². The summed E-state index contributed by atoms with van der Waals surface area (Å²) < 4.78 is 11.5. The molecule has 0 radical (unpaired) electrons. The van der Waals surface area contributed by atoms with Gasteiger partial charge in [0.05, 0.1) is 12.3 Å². The summed E-state index contributed by atoms with van der Waals surface area (Å²) in [5, 5.41) is 2.94. The number of hydrogen-bond donors (Lipinski definition) is 1. The minimum Gasteiger partial charge on any atom is -0.492 e. The van der Waals surface area contributed by atoms with Gasteiger partial charge in [0, 0.05) is 42.3 Å². The van der Waals surface area contributed by atoms with Gasteiger partial charge in [0.15, 0.2) is 0 Å². The van der Waals surface area contributed by atoms with Crippen LogP contribution in [0.1, 0.15) is 42.6 Å². The first-order chi connectivity index (χ1) is 13.5. The first-order valence-corrected chi connectivity index (χ1v) is 9.73. The van der Waals surface area contributed by atoms with Gasteiger partial charge >= 0.3 is 0 Å². The number of amides is 2. The predicted octanol–water partition coefficient (Wildman–Crippen LogP) is 3.79. The molecule has 2 aliphatic heterocycles. The smallest absolute Gasteiger partial charge is 0.255 e. The van der Waals surface area contributed by atoms with E-state index in [1.165, 1.54) is 0 Å². The molecule has 1 N–H and O–H groups in total. The molecule has 0 aromatic heterocycles. The van der Waals surface area contributed by atoms with Gasteiger partial charge in [-0.25, -0.2) is 0 Å². The molecule has 1 fully saturated rings. The van der Waals surface area contributed by atoms with Crippen LogP contribution in [0.3, 0.4) is 0 Å². The van der Waals surface area contributed by atoms with E-state index in [-0.39, 0.29) is 17.9 Å². The van der Waals surface area contributed by atoms with Crippen molar-refractivity contribution >= 4 is 23.2 Å². The lowest BCUT2D eigenvalue weighted by atomic mass is 10.1. The van der Waals surface area contributed by atoms with Crippen molar-refractivity contribution in [1.82, 2.24) is 0 Å². The Morgan fingerprint density at radius 3 is 2.93 bits per heavy atom. The summed E-state index contributed by atoms with van der Waals surface area (Å²) in [5.41, 5.74) is 2.92. The van der Waals surface area contributed by atoms with Gasteiger partial charge in [0.25, 0.3) is 5.91 Å². The van der Waals surface area contributed by atoms with Crippen LogP contribution in [0.25, 0.3) is 0 Å². The van der Waals surface area contributed by atoms with Crippen LogP contribution in [0, 0.1) is 0 Å². The molecule has 0 aliphatic carbocycles. The minimum absolute atomic E-state index is 0.0982. The van der Waals surface area contributed by atoms with Gasteiger partial charge in [-0.15, -0.1) is 0 Å². The van der Waals surface area contributed by atoms with E-state index in [0.29, 0.717) is 36.6 Å². The van der Waals surface area contributed by atoms with E-state index >= 15 is 0 Å². The third-order valence-electron chi connectivity index (χ3n) is 5.04. The average Bonchev–Trinajstić information content (AvgIpc) is 3.26. The summed E-state index contributed by atoms with van der Waals surface area (Å²) in [6, 6.07) is 10.9. The molecule has 146 valence electrons. The fourth-order valence-electron chi connectivity index (χ4n) is 3.74. The quantitative estimate of drug-likeness (QED) is 0.857. The molecule has 6 heteroatoms. The highest BCUT2D eigenvalue weighted by atomic mass is 16.5. The molecule has 2 aromatic rings. The van der Waals surface area contributed by atoms with Crippen LogP contribution in [0.5, 0.6) is 11.5 Å². The van der Waals surface area contributed by atoms with Crippen LogP contribution in [0.15, 0.2) is 36.4 Å². The van der Waals surface area contributed by atoms with Gasteiger partial charge in [-0.3, -0.25) is 9.59 Å². The van der Waals surface area contributed by atoms with Crippen LogP contribution >= 0.6 is 0 Å². The number of ether oxygens (including phenoxy) is 2. The molecule has 0 saturated carbocycles. The Bertz CT molecular complexity index is 925. The Kier molecular flexibility index (Phi) is 4.94. The Morgan fingerprint density at radius 2 is 2.18 bits per heavy atom. The van der Waals surface area contributed by atoms with E-state index in [4.69, 9.17) is 9.47 Å². The summed E-state index contributed by atoms with van der Waals surface area (Å²) in [7, 11) is 0. The number of benzene rings is 2. The maximum absolute atomic E-state index is 12.9. The zero-order chi connectivity index (χ0) is 19.7. The van der Waals surface area contributed by atoms with Crippen LogP contribution in [-0.4, -0.2) is 31.1 Å². The maximum Gasteiger partial charge on any atom is 0.255 e. The highest BCUT2D eigenvalue weighted by Gasteiger charge is 2.24. The van der Waals surface area contributed by atoms with Crippen molar-refractivity contribution in [1.29, 1.82) is 0 Å². The number of rotatable bonds is 5. The molecule has 6 nitrogen and oxygen atoms in total. The molecule has 28 heavy (non-hydrogen) atoms. The van der Waals surface area contributed by atoms with Crippen molar-refractivity contribution in [3.63, 3.8) is 0 Å². The summed E-state index contributed by atoms with van der Waals surface area (Å²) in [6.07, 6.45) is 2.35. The first kappa shape index (κ1) is 18.3. The monoisotopic (exact) mass is 380 g/mol. The summed E-state index contributed by atoms with van der Waals surface area (Å²) in [6.45, 7) is 5.13. The highest BCUT2D eigenvalue weighted by Crippen LogP contribution is 2.38. The number of nitrogens with one attached hydrogen (secondary N) is 1. The Balaban J connectivity index is 1.58. The normalized spacial score (nSPS) is 18.0. The van der Waals surface area contributed by atoms with E-state index in [9.17, 15) is 9.59 Å². The third kappa shape index (κ3) is 3.54. The van der Waals surface area contributed by atoms with Gasteiger partial charge in [-0.2, -0.15) is 0 Å². The zero-order valence-corrected chi connectivity index (χ0v) is 16.2. The summed E-state index contributed by atoms with van der Waals surface area (Å²) in [4.78, 5) is 26.6. The van der Waals surface area contributed by atoms with E-state index in [0.717, 1.165) is 29.8 Å². The first-order valence-electron chi connectivity index (χ1n) is 9.73. The predicted molar refractivity (Wildman–Crippen MR) is 107 cm³/mol. The Hall–Kier alpha value is -3.02. The second kappa shape index (κ2) is 7.54. The molecule has 2 aliphatic rings. The Labute approximate surface area is 164 Å².